The van der Waals surface area contributed by atoms with Crippen LogP contribution in [0.4, 0.5) is 0 Å². The fourth-order valence-electron chi connectivity index (χ4n) is 3.01. The van der Waals surface area contributed by atoms with Crippen LogP contribution in [-0.2, 0) is 4.74 Å². The molecule has 3 heterocycles. The third kappa shape index (κ3) is 2.60. The number of thiazole rings is 1. The van der Waals surface area contributed by atoms with E-state index in [4.69, 9.17) is 9.72 Å². The normalized spacial score (nSPS) is 23.4. The summed E-state index contributed by atoms with van der Waals surface area (Å²) in [4.78, 5) is 6.41. The van der Waals surface area contributed by atoms with Crippen LogP contribution in [0.15, 0.2) is 0 Å². The first-order valence-electron chi connectivity index (χ1n) is 7.10. The largest absolute Gasteiger partial charge is 0.381 e. The molecule has 0 bridgehead atoms. The highest BCUT2D eigenvalue weighted by molar-refractivity contribution is 7.12. The van der Waals surface area contributed by atoms with Crippen LogP contribution >= 0.6 is 11.3 Å². The van der Waals surface area contributed by atoms with Crippen LogP contribution in [-0.4, -0.2) is 31.3 Å². The summed E-state index contributed by atoms with van der Waals surface area (Å²) in [6, 6.07) is 0. The number of ether oxygens (including phenoxy) is 1. The van der Waals surface area contributed by atoms with Crippen molar-refractivity contribution < 1.29 is 4.74 Å². The Kier molecular flexibility index (Phi) is 3.97. The first-order chi connectivity index (χ1) is 8.84. The van der Waals surface area contributed by atoms with E-state index in [1.54, 1.807) is 4.88 Å². The van der Waals surface area contributed by atoms with Gasteiger partial charge in [-0.25, -0.2) is 4.98 Å². The molecule has 4 heteroatoms. The Labute approximate surface area is 113 Å². The summed E-state index contributed by atoms with van der Waals surface area (Å²) in [5.41, 5.74) is 1.29. The van der Waals surface area contributed by atoms with E-state index in [0.29, 0.717) is 5.92 Å². The molecule has 0 atom stereocenters. The molecule has 0 radical (unpaired) electrons. The molecule has 18 heavy (non-hydrogen) atoms. The van der Waals surface area contributed by atoms with Crippen molar-refractivity contribution in [3.05, 3.63) is 15.6 Å². The van der Waals surface area contributed by atoms with Crippen molar-refractivity contribution >= 4 is 11.3 Å². The fourth-order valence-corrected chi connectivity index (χ4v) is 4.42. The van der Waals surface area contributed by atoms with Gasteiger partial charge in [0.25, 0.3) is 0 Å². The predicted molar refractivity (Wildman–Crippen MR) is 74.5 cm³/mol. The summed E-state index contributed by atoms with van der Waals surface area (Å²) in [6.07, 6.45) is 4.85. The lowest BCUT2D eigenvalue weighted by Gasteiger charge is -2.22. The number of aromatic nitrogens is 1. The zero-order valence-electron chi connectivity index (χ0n) is 11.1. The average molecular weight is 266 g/mol. The Hall–Kier alpha value is -0.450. The van der Waals surface area contributed by atoms with Gasteiger partial charge in [0.05, 0.1) is 10.7 Å². The standard InChI is InChI=1S/C14H22N2OS/c1-10-13(11-2-6-15-7-3-11)18-14(16-10)12-4-8-17-9-5-12/h11-12,15H,2-9H2,1H3. The minimum Gasteiger partial charge on any atom is -0.381 e. The minimum atomic E-state index is 0.651. The van der Waals surface area contributed by atoms with Gasteiger partial charge in [-0.05, 0) is 51.6 Å². The molecule has 0 aromatic carbocycles. The maximum Gasteiger partial charge on any atom is 0.0963 e. The van der Waals surface area contributed by atoms with Gasteiger partial charge in [0.2, 0.25) is 0 Å². The molecule has 100 valence electrons. The molecule has 0 spiro atoms. The average Bonchev–Trinajstić information content (AvgIpc) is 2.83. The highest BCUT2D eigenvalue weighted by atomic mass is 32.1. The Balaban J connectivity index is 1.76. The molecule has 2 saturated heterocycles. The lowest BCUT2D eigenvalue weighted by Crippen LogP contribution is -2.26. The highest BCUT2D eigenvalue weighted by Gasteiger charge is 2.24. The second kappa shape index (κ2) is 5.68. The van der Waals surface area contributed by atoms with Crippen LogP contribution in [0.25, 0.3) is 0 Å². The van der Waals surface area contributed by atoms with Crippen LogP contribution in [0, 0.1) is 6.92 Å². The first-order valence-corrected chi connectivity index (χ1v) is 7.92. The van der Waals surface area contributed by atoms with Crippen molar-refractivity contribution in [1.82, 2.24) is 10.3 Å². The molecule has 0 amide bonds. The van der Waals surface area contributed by atoms with E-state index >= 15 is 0 Å². The fraction of sp³-hybridized carbons (Fsp3) is 0.786. The zero-order valence-corrected chi connectivity index (χ0v) is 11.9. The third-order valence-corrected chi connectivity index (χ3v) is 5.61. The smallest absolute Gasteiger partial charge is 0.0963 e. The number of aryl methyl sites for hydroxylation is 1. The topological polar surface area (TPSA) is 34.1 Å². The Morgan fingerprint density at radius 2 is 1.83 bits per heavy atom. The highest BCUT2D eigenvalue weighted by Crippen LogP contribution is 2.37. The Morgan fingerprint density at radius 1 is 1.11 bits per heavy atom. The SMILES string of the molecule is Cc1nc(C2CCOCC2)sc1C1CCNCC1. The molecule has 3 nitrogen and oxygen atoms in total. The van der Waals surface area contributed by atoms with Crippen molar-refractivity contribution in [3.8, 4) is 0 Å². The van der Waals surface area contributed by atoms with E-state index in [0.717, 1.165) is 45.1 Å². The number of nitrogens with one attached hydrogen (secondary N) is 1. The van der Waals surface area contributed by atoms with E-state index in [1.807, 2.05) is 11.3 Å². The van der Waals surface area contributed by atoms with Crippen molar-refractivity contribution in [1.29, 1.82) is 0 Å². The molecule has 2 aliphatic rings. The molecule has 2 fully saturated rings. The van der Waals surface area contributed by atoms with E-state index in [-0.39, 0.29) is 0 Å². The molecule has 0 aliphatic carbocycles. The number of piperidine rings is 1. The van der Waals surface area contributed by atoms with Crippen molar-refractivity contribution in [3.63, 3.8) is 0 Å². The molecule has 1 aromatic rings. The second-order valence-corrected chi connectivity index (χ2v) is 6.47. The zero-order chi connectivity index (χ0) is 12.4. The van der Waals surface area contributed by atoms with Crippen molar-refractivity contribution in [2.45, 2.75) is 44.4 Å². The van der Waals surface area contributed by atoms with Crippen molar-refractivity contribution in [2.24, 2.45) is 0 Å². The van der Waals surface area contributed by atoms with Gasteiger partial charge in [-0.3, -0.25) is 0 Å². The molecule has 0 saturated carbocycles. The van der Waals surface area contributed by atoms with Gasteiger partial charge in [0.15, 0.2) is 0 Å². The quantitative estimate of drug-likeness (QED) is 0.894. The molecule has 1 aromatic heterocycles. The second-order valence-electron chi connectivity index (χ2n) is 5.41. The van der Waals surface area contributed by atoms with Gasteiger partial charge in [-0.2, -0.15) is 0 Å². The lowest BCUT2D eigenvalue weighted by atomic mass is 9.95. The van der Waals surface area contributed by atoms with E-state index < -0.39 is 0 Å². The number of hydrogen-bond acceptors (Lipinski definition) is 4. The van der Waals surface area contributed by atoms with E-state index in [2.05, 4.69) is 12.2 Å². The molecular weight excluding hydrogens is 244 g/mol. The summed E-state index contributed by atoms with van der Waals surface area (Å²) < 4.78 is 5.44. The number of hydrogen-bond donors (Lipinski definition) is 1. The maximum absolute atomic E-state index is 5.44. The van der Waals surface area contributed by atoms with Crippen LogP contribution in [0.2, 0.25) is 0 Å². The van der Waals surface area contributed by atoms with Crippen molar-refractivity contribution in [2.75, 3.05) is 26.3 Å². The molecular formula is C14H22N2OS. The summed E-state index contributed by atoms with van der Waals surface area (Å²) in [5, 5.41) is 4.81. The first kappa shape index (κ1) is 12.6. The number of nitrogens with zero attached hydrogens (tertiary/aromatic N) is 1. The van der Waals surface area contributed by atoms with Gasteiger partial charge in [-0.15, -0.1) is 11.3 Å². The Bertz CT molecular complexity index is 392. The summed E-state index contributed by atoms with van der Waals surface area (Å²) in [5.74, 6) is 1.40. The molecule has 2 aliphatic heterocycles. The summed E-state index contributed by atoms with van der Waals surface area (Å²) >= 11 is 1.98. The minimum absolute atomic E-state index is 0.651. The molecule has 3 rings (SSSR count). The van der Waals surface area contributed by atoms with E-state index in [1.165, 1.54) is 23.5 Å². The Morgan fingerprint density at radius 3 is 2.56 bits per heavy atom. The van der Waals surface area contributed by atoms with Crippen LogP contribution in [0.5, 0.6) is 0 Å². The van der Waals surface area contributed by atoms with Gasteiger partial charge >= 0.3 is 0 Å². The van der Waals surface area contributed by atoms with Gasteiger partial charge in [0, 0.05) is 24.0 Å². The molecule has 1 N–H and O–H groups in total. The predicted octanol–water partition coefficient (Wildman–Crippen LogP) is 2.81. The summed E-state index contributed by atoms with van der Waals surface area (Å²) in [6.45, 7) is 6.33. The summed E-state index contributed by atoms with van der Waals surface area (Å²) in [7, 11) is 0. The van der Waals surface area contributed by atoms with Crippen LogP contribution in [0.3, 0.4) is 0 Å². The monoisotopic (exact) mass is 266 g/mol. The molecule has 0 unspecified atom stereocenters. The maximum atomic E-state index is 5.44. The van der Waals surface area contributed by atoms with Gasteiger partial charge in [0.1, 0.15) is 0 Å². The van der Waals surface area contributed by atoms with Gasteiger partial charge < -0.3 is 10.1 Å². The third-order valence-electron chi connectivity index (χ3n) is 4.13. The number of rotatable bonds is 2. The van der Waals surface area contributed by atoms with Crippen LogP contribution in [0.1, 0.15) is 53.1 Å². The van der Waals surface area contributed by atoms with Crippen LogP contribution < -0.4 is 5.32 Å². The van der Waals surface area contributed by atoms with Gasteiger partial charge in [-0.1, -0.05) is 0 Å². The van der Waals surface area contributed by atoms with E-state index in [9.17, 15) is 0 Å². The lowest BCUT2D eigenvalue weighted by molar-refractivity contribution is 0.0852.